The second-order valence-electron chi connectivity index (χ2n) is 6.98. The Labute approximate surface area is 150 Å². The van der Waals surface area contributed by atoms with Crippen LogP contribution < -0.4 is 0 Å². The lowest BCUT2D eigenvalue weighted by Gasteiger charge is -2.36. The average Bonchev–Trinajstić information content (AvgIpc) is 2.99. The molecule has 0 bridgehead atoms. The van der Waals surface area contributed by atoms with Crippen molar-refractivity contribution in [2.24, 2.45) is 11.3 Å². The second-order valence-corrected chi connectivity index (χ2v) is 6.98. The average molecular weight is 397 g/mol. The minimum Gasteiger partial charge on any atom is -0.396 e. The number of alkyl halides is 6. The summed E-state index contributed by atoms with van der Waals surface area (Å²) in [4.78, 5) is 13.9. The number of halogens is 6. The third kappa shape index (κ3) is 3.64. The van der Waals surface area contributed by atoms with Crippen LogP contribution in [0, 0.1) is 11.3 Å². The van der Waals surface area contributed by atoms with Gasteiger partial charge in [0.1, 0.15) is 0 Å². The molecule has 0 saturated carbocycles. The highest BCUT2D eigenvalue weighted by Crippen LogP contribution is 2.43. The zero-order valence-electron chi connectivity index (χ0n) is 14.0. The summed E-state index contributed by atoms with van der Waals surface area (Å²) in [6.07, 6.45) is -9.62. The standard InChI is InChI=1S/C17H17F6NO3/c18-16(19,20)10-1-2-12(13(5-10)17(21,22)23)14(26)24-6-11-7-27-4-3-15(11,8-24)9-25/h1-2,5,11,25H,3-4,6-9H2/t11-,15-/m1/s1. The highest BCUT2D eigenvalue weighted by atomic mass is 19.4. The van der Waals surface area contributed by atoms with Gasteiger partial charge in [-0.1, -0.05) is 0 Å². The Hall–Kier alpha value is -1.81. The molecule has 150 valence electrons. The third-order valence-corrected chi connectivity index (χ3v) is 5.36. The van der Waals surface area contributed by atoms with Gasteiger partial charge < -0.3 is 14.7 Å². The summed E-state index contributed by atoms with van der Waals surface area (Å²) in [5.74, 6) is -1.23. The highest BCUT2D eigenvalue weighted by Gasteiger charge is 2.50. The molecule has 1 aromatic rings. The van der Waals surface area contributed by atoms with Crippen molar-refractivity contribution in [1.82, 2.24) is 4.90 Å². The van der Waals surface area contributed by atoms with Crippen molar-refractivity contribution >= 4 is 5.91 Å². The van der Waals surface area contributed by atoms with Crippen LogP contribution in [0.15, 0.2) is 18.2 Å². The fraction of sp³-hybridized carbons (Fsp3) is 0.588. The van der Waals surface area contributed by atoms with E-state index in [4.69, 9.17) is 4.74 Å². The van der Waals surface area contributed by atoms with Crippen molar-refractivity contribution < 1.29 is 41.0 Å². The predicted octanol–water partition coefficient (Wildman–Crippen LogP) is 3.20. The molecule has 2 fully saturated rings. The van der Waals surface area contributed by atoms with Gasteiger partial charge in [-0.2, -0.15) is 26.3 Å². The molecule has 0 spiro atoms. The Morgan fingerprint density at radius 2 is 1.93 bits per heavy atom. The number of ether oxygens (including phenoxy) is 1. The van der Waals surface area contributed by atoms with Crippen molar-refractivity contribution in [3.8, 4) is 0 Å². The van der Waals surface area contributed by atoms with Crippen LogP contribution in [0.25, 0.3) is 0 Å². The largest absolute Gasteiger partial charge is 0.417 e. The quantitative estimate of drug-likeness (QED) is 0.780. The molecule has 2 aliphatic heterocycles. The zero-order valence-corrected chi connectivity index (χ0v) is 14.0. The molecular weight excluding hydrogens is 380 g/mol. The lowest BCUT2D eigenvalue weighted by Crippen LogP contribution is -2.41. The molecule has 10 heteroatoms. The summed E-state index contributed by atoms with van der Waals surface area (Å²) >= 11 is 0. The Morgan fingerprint density at radius 1 is 1.22 bits per heavy atom. The maximum Gasteiger partial charge on any atom is 0.417 e. The van der Waals surface area contributed by atoms with E-state index in [0.717, 1.165) is 4.90 Å². The number of nitrogens with zero attached hydrogens (tertiary/aromatic N) is 1. The molecule has 1 N–H and O–H groups in total. The number of aliphatic hydroxyl groups is 1. The third-order valence-electron chi connectivity index (χ3n) is 5.36. The fourth-order valence-electron chi connectivity index (χ4n) is 3.77. The zero-order chi connectivity index (χ0) is 20.0. The first kappa shape index (κ1) is 19.9. The molecule has 0 radical (unpaired) electrons. The van der Waals surface area contributed by atoms with E-state index in [2.05, 4.69) is 0 Å². The van der Waals surface area contributed by atoms with Gasteiger partial charge in [0.05, 0.1) is 29.9 Å². The van der Waals surface area contributed by atoms with E-state index >= 15 is 0 Å². The summed E-state index contributed by atoms with van der Waals surface area (Å²) in [7, 11) is 0. The summed E-state index contributed by atoms with van der Waals surface area (Å²) in [5.41, 5.74) is -4.57. The van der Waals surface area contributed by atoms with Gasteiger partial charge in [-0.3, -0.25) is 4.79 Å². The lowest BCUT2D eigenvalue weighted by molar-refractivity contribution is -0.143. The first-order valence-electron chi connectivity index (χ1n) is 8.24. The van der Waals surface area contributed by atoms with Crippen LogP contribution in [0.2, 0.25) is 0 Å². The maximum absolute atomic E-state index is 13.3. The molecule has 4 nitrogen and oxygen atoms in total. The van der Waals surface area contributed by atoms with E-state index in [1.54, 1.807) is 0 Å². The van der Waals surface area contributed by atoms with Crippen LogP contribution in [-0.4, -0.2) is 48.8 Å². The number of likely N-dealkylation sites (tertiary alicyclic amines) is 1. The molecule has 1 aromatic carbocycles. The van der Waals surface area contributed by atoms with Crippen LogP contribution in [0.4, 0.5) is 26.3 Å². The molecule has 2 heterocycles. The topological polar surface area (TPSA) is 49.8 Å². The normalized spacial score (nSPS) is 26.2. The van der Waals surface area contributed by atoms with Gasteiger partial charge in [-0.05, 0) is 24.6 Å². The van der Waals surface area contributed by atoms with Gasteiger partial charge in [-0.15, -0.1) is 0 Å². The van der Waals surface area contributed by atoms with Crippen LogP contribution in [0.1, 0.15) is 27.9 Å². The van der Waals surface area contributed by atoms with Crippen LogP contribution in [-0.2, 0) is 17.1 Å². The molecule has 2 atom stereocenters. The van der Waals surface area contributed by atoms with E-state index in [1.807, 2.05) is 0 Å². The first-order chi connectivity index (χ1) is 12.5. The Kier molecular flexibility index (Phi) is 4.92. The lowest BCUT2D eigenvalue weighted by atomic mass is 9.75. The monoisotopic (exact) mass is 397 g/mol. The molecule has 0 aliphatic carbocycles. The van der Waals surface area contributed by atoms with Gasteiger partial charge in [-0.25, -0.2) is 0 Å². The minimum absolute atomic E-state index is 0.0364. The highest BCUT2D eigenvalue weighted by molar-refractivity contribution is 5.96. The Morgan fingerprint density at radius 3 is 2.48 bits per heavy atom. The summed E-state index contributed by atoms with van der Waals surface area (Å²) in [6, 6.07) is 0.996. The first-order valence-corrected chi connectivity index (χ1v) is 8.24. The van der Waals surface area contributed by atoms with E-state index in [-0.39, 0.29) is 38.3 Å². The summed E-state index contributed by atoms with van der Waals surface area (Å²) < 4.78 is 83.6. The van der Waals surface area contributed by atoms with Crippen molar-refractivity contribution in [1.29, 1.82) is 0 Å². The predicted molar refractivity (Wildman–Crippen MR) is 80.8 cm³/mol. The second kappa shape index (κ2) is 6.66. The van der Waals surface area contributed by atoms with Gasteiger partial charge in [0, 0.05) is 31.0 Å². The van der Waals surface area contributed by atoms with Crippen molar-refractivity contribution in [2.75, 3.05) is 32.9 Å². The Balaban J connectivity index is 1.95. The number of fused-ring (bicyclic) bond motifs is 1. The summed E-state index contributed by atoms with van der Waals surface area (Å²) in [6.45, 7) is 0.507. The van der Waals surface area contributed by atoms with Crippen LogP contribution in [0.5, 0.6) is 0 Å². The number of rotatable bonds is 2. The van der Waals surface area contributed by atoms with Crippen LogP contribution >= 0.6 is 0 Å². The smallest absolute Gasteiger partial charge is 0.396 e. The maximum atomic E-state index is 13.3. The van der Waals surface area contributed by atoms with Crippen molar-refractivity contribution in [3.63, 3.8) is 0 Å². The van der Waals surface area contributed by atoms with E-state index in [9.17, 15) is 36.2 Å². The minimum atomic E-state index is -5.11. The van der Waals surface area contributed by atoms with E-state index < -0.39 is 40.4 Å². The number of hydrogen-bond donors (Lipinski definition) is 1. The SMILES string of the molecule is O=C(c1ccc(C(F)(F)F)cc1C(F)(F)F)N1C[C@@H]2COCC[C@]2(CO)C1. The molecule has 2 aliphatic rings. The van der Waals surface area contributed by atoms with Gasteiger partial charge >= 0.3 is 12.4 Å². The molecular formula is C17H17F6NO3. The molecule has 2 saturated heterocycles. The number of amides is 1. The van der Waals surface area contributed by atoms with Gasteiger partial charge in [0.25, 0.3) is 5.91 Å². The number of benzene rings is 1. The van der Waals surface area contributed by atoms with Gasteiger partial charge in [0.2, 0.25) is 0 Å². The molecule has 27 heavy (non-hydrogen) atoms. The van der Waals surface area contributed by atoms with Crippen molar-refractivity contribution in [2.45, 2.75) is 18.8 Å². The Bertz CT molecular complexity index is 732. The molecule has 1 amide bonds. The van der Waals surface area contributed by atoms with E-state index in [0.29, 0.717) is 25.2 Å². The van der Waals surface area contributed by atoms with Crippen molar-refractivity contribution in [3.05, 3.63) is 34.9 Å². The molecule has 3 rings (SSSR count). The summed E-state index contributed by atoms with van der Waals surface area (Å²) in [5, 5.41) is 9.73. The fourth-order valence-corrected chi connectivity index (χ4v) is 3.77. The van der Waals surface area contributed by atoms with E-state index in [1.165, 1.54) is 0 Å². The molecule has 0 aromatic heterocycles. The van der Waals surface area contributed by atoms with Crippen LogP contribution in [0.3, 0.4) is 0 Å². The number of aliphatic hydroxyl groups excluding tert-OH is 1. The number of hydrogen-bond acceptors (Lipinski definition) is 3. The number of carbonyl (C=O) groups excluding carboxylic acids is 1. The molecule has 0 unspecified atom stereocenters. The van der Waals surface area contributed by atoms with Gasteiger partial charge in [0.15, 0.2) is 0 Å². The number of carbonyl (C=O) groups is 1.